The number of H-pyrrole nitrogens is 1. The van der Waals surface area contributed by atoms with Gasteiger partial charge in [-0.1, -0.05) is 66.7 Å². The van der Waals surface area contributed by atoms with Crippen LogP contribution in [0.3, 0.4) is 0 Å². The van der Waals surface area contributed by atoms with E-state index in [0.717, 1.165) is 33.5 Å². The number of ether oxygens (including phenoxy) is 1. The maximum Gasteiger partial charge on any atom is 0.490 e. The first-order valence-corrected chi connectivity index (χ1v) is 11.2. The second-order valence-electron chi connectivity index (χ2n) is 8.46. The lowest BCUT2D eigenvalue weighted by atomic mass is 10.0. The van der Waals surface area contributed by atoms with Crippen LogP contribution in [-0.2, 0) is 22.5 Å². The number of alkyl halides is 3. The summed E-state index contributed by atoms with van der Waals surface area (Å²) in [6.45, 7) is 0.424. The van der Waals surface area contributed by atoms with Gasteiger partial charge < -0.3 is 10.1 Å². The molecule has 8 heteroatoms. The highest BCUT2D eigenvalue weighted by Gasteiger charge is 2.45. The summed E-state index contributed by atoms with van der Waals surface area (Å²) >= 11 is 0. The summed E-state index contributed by atoms with van der Waals surface area (Å²) < 4.78 is 43.4. The first-order valence-electron chi connectivity index (χ1n) is 11.2. The number of nitrogens with one attached hydrogen (secondary N) is 2. The van der Waals surface area contributed by atoms with E-state index in [-0.39, 0.29) is 0 Å². The Bertz CT molecular complexity index is 1320. The van der Waals surface area contributed by atoms with Crippen LogP contribution in [0.25, 0.3) is 22.4 Å². The van der Waals surface area contributed by atoms with Crippen molar-refractivity contribution in [3.05, 3.63) is 102 Å². The van der Waals surface area contributed by atoms with Gasteiger partial charge in [-0.2, -0.15) is 18.3 Å². The van der Waals surface area contributed by atoms with Gasteiger partial charge in [0.25, 0.3) is 0 Å². The summed E-state index contributed by atoms with van der Waals surface area (Å²) in [5.41, 5.74) is 6.52. The van der Waals surface area contributed by atoms with E-state index in [2.05, 4.69) is 21.6 Å². The predicted molar refractivity (Wildman–Crippen MR) is 125 cm³/mol. The molecular weight excluding hydrogens is 455 g/mol. The molecule has 1 heterocycles. The van der Waals surface area contributed by atoms with Gasteiger partial charge in [0.1, 0.15) is 6.10 Å². The summed E-state index contributed by atoms with van der Waals surface area (Å²) in [5, 5.41) is 10.2. The van der Waals surface area contributed by atoms with Crippen LogP contribution >= 0.6 is 0 Å². The number of carbonyl (C=O) groups excluding carboxylic acids is 1. The van der Waals surface area contributed by atoms with Crippen molar-refractivity contribution in [1.29, 1.82) is 0 Å². The van der Waals surface area contributed by atoms with Crippen LogP contribution in [0, 0.1) is 0 Å². The molecule has 1 aromatic heterocycles. The summed E-state index contributed by atoms with van der Waals surface area (Å²) in [6, 6.07) is 24.6. The fraction of sp³-hybridized carbons (Fsp3) is 0.185. The lowest BCUT2D eigenvalue weighted by Gasteiger charge is -2.23. The lowest BCUT2D eigenvalue weighted by molar-refractivity contribution is -0.206. The number of hydrogen-bond acceptors (Lipinski definition) is 4. The molecule has 0 saturated carbocycles. The molecule has 0 bridgehead atoms. The third kappa shape index (κ3) is 4.97. The minimum Gasteiger partial charge on any atom is -0.449 e. The van der Waals surface area contributed by atoms with Gasteiger partial charge in [0, 0.05) is 18.3 Å². The fourth-order valence-corrected chi connectivity index (χ4v) is 4.41. The molecule has 1 aliphatic rings. The van der Waals surface area contributed by atoms with Crippen molar-refractivity contribution in [2.75, 3.05) is 0 Å². The summed E-state index contributed by atoms with van der Waals surface area (Å²) in [6.07, 6.45) is -3.84. The molecule has 2 unspecified atom stereocenters. The number of carbonyl (C=O) groups is 1. The zero-order valence-corrected chi connectivity index (χ0v) is 18.5. The molecule has 0 amide bonds. The smallest absolute Gasteiger partial charge is 0.449 e. The average molecular weight is 477 g/mol. The van der Waals surface area contributed by atoms with Crippen LogP contribution in [0.5, 0.6) is 0 Å². The van der Waals surface area contributed by atoms with Gasteiger partial charge in [-0.05, 0) is 46.4 Å². The van der Waals surface area contributed by atoms with E-state index in [1.807, 2.05) is 60.7 Å². The Labute approximate surface area is 200 Å². The fourth-order valence-electron chi connectivity index (χ4n) is 4.41. The second kappa shape index (κ2) is 9.38. The molecule has 0 fully saturated rings. The van der Waals surface area contributed by atoms with Crippen LogP contribution in [0.2, 0.25) is 0 Å². The SMILES string of the molecule is O=C(OC1c2ccccc2CC1NCc1ccc(-c2cccc(-c3ccn[nH]3)c2)cc1)C(F)(F)F. The van der Waals surface area contributed by atoms with Gasteiger partial charge in [-0.15, -0.1) is 0 Å². The van der Waals surface area contributed by atoms with Crippen LogP contribution in [-0.4, -0.2) is 28.4 Å². The van der Waals surface area contributed by atoms with Crippen molar-refractivity contribution >= 4 is 5.97 Å². The number of aromatic amines is 1. The molecule has 35 heavy (non-hydrogen) atoms. The Balaban J connectivity index is 1.28. The van der Waals surface area contributed by atoms with E-state index in [4.69, 9.17) is 4.74 Å². The monoisotopic (exact) mass is 477 g/mol. The molecule has 3 aromatic carbocycles. The molecule has 0 aliphatic heterocycles. The zero-order valence-electron chi connectivity index (χ0n) is 18.5. The van der Waals surface area contributed by atoms with Gasteiger partial charge >= 0.3 is 12.1 Å². The Hall–Kier alpha value is -3.91. The molecule has 178 valence electrons. The highest BCUT2D eigenvalue weighted by atomic mass is 19.4. The third-order valence-electron chi connectivity index (χ3n) is 6.16. The molecular formula is C27H22F3N3O2. The quantitative estimate of drug-likeness (QED) is 0.355. The molecule has 2 atom stereocenters. The number of hydrogen-bond donors (Lipinski definition) is 2. The molecule has 4 aromatic rings. The maximum atomic E-state index is 12.8. The Kier molecular flexibility index (Phi) is 6.13. The molecule has 5 nitrogen and oxygen atoms in total. The van der Waals surface area contributed by atoms with Gasteiger partial charge in [-0.25, -0.2) is 4.79 Å². The van der Waals surface area contributed by atoms with Crippen molar-refractivity contribution < 1.29 is 22.7 Å². The molecule has 5 rings (SSSR count). The van der Waals surface area contributed by atoms with Crippen LogP contribution < -0.4 is 5.32 Å². The largest absolute Gasteiger partial charge is 0.490 e. The van der Waals surface area contributed by atoms with Crippen molar-refractivity contribution in [2.45, 2.75) is 31.3 Å². The summed E-state index contributed by atoms with van der Waals surface area (Å²) in [4.78, 5) is 11.5. The summed E-state index contributed by atoms with van der Waals surface area (Å²) in [7, 11) is 0. The molecule has 0 radical (unpaired) electrons. The first kappa shape index (κ1) is 22.9. The van der Waals surface area contributed by atoms with Gasteiger partial charge in [0.15, 0.2) is 0 Å². The van der Waals surface area contributed by atoms with Crippen molar-refractivity contribution in [3.8, 4) is 22.4 Å². The lowest BCUT2D eigenvalue weighted by Crippen LogP contribution is -2.37. The Morgan fingerprint density at radius 2 is 1.74 bits per heavy atom. The molecule has 1 aliphatic carbocycles. The highest BCUT2D eigenvalue weighted by molar-refractivity contribution is 5.76. The van der Waals surface area contributed by atoms with Gasteiger partial charge in [0.05, 0.1) is 11.7 Å². The maximum absolute atomic E-state index is 12.8. The summed E-state index contributed by atoms with van der Waals surface area (Å²) in [5.74, 6) is -2.17. The first-order chi connectivity index (χ1) is 16.9. The molecule has 0 saturated heterocycles. The van der Waals surface area contributed by atoms with E-state index >= 15 is 0 Å². The minimum atomic E-state index is -5.04. The molecule has 2 N–H and O–H groups in total. The Morgan fingerprint density at radius 1 is 0.971 bits per heavy atom. The second-order valence-corrected chi connectivity index (χ2v) is 8.46. The van der Waals surface area contributed by atoms with Crippen LogP contribution in [0.1, 0.15) is 22.8 Å². The number of halogens is 3. The topological polar surface area (TPSA) is 67.0 Å². The minimum absolute atomic E-state index is 0.424. The number of esters is 1. The molecule has 0 spiro atoms. The van der Waals surface area contributed by atoms with Gasteiger partial charge in [-0.3, -0.25) is 5.10 Å². The number of aromatic nitrogens is 2. The van der Waals surface area contributed by atoms with E-state index < -0.39 is 24.3 Å². The van der Waals surface area contributed by atoms with Crippen molar-refractivity contribution in [1.82, 2.24) is 15.5 Å². The van der Waals surface area contributed by atoms with Gasteiger partial charge in [0.2, 0.25) is 0 Å². The Morgan fingerprint density at radius 3 is 2.49 bits per heavy atom. The number of benzene rings is 3. The number of nitrogens with zero attached hydrogens (tertiary/aromatic N) is 1. The van der Waals surface area contributed by atoms with E-state index in [0.29, 0.717) is 18.5 Å². The number of rotatable bonds is 6. The normalized spacial score (nSPS) is 17.2. The van der Waals surface area contributed by atoms with Crippen LogP contribution in [0.15, 0.2) is 85.1 Å². The van der Waals surface area contributed by atoms with Crippen molar-refractivity contribution in [3.63, 3.8) is 0 Å². The van der Waals surface area contributed by atoms with E-state index in [1.165, 1.54) is 0 Å². The highest BCUT2D eigenvalue weighted by Crippen LogP contribution is 2.36. The standard InChI is InChI=1S/C27H22F3N3O2/c28-27(29,30)26(34)35-25-22-7-2-1-4-20(22)15-24(25)31-16-17-8-10-18(11-9-17)19-5-3-6-21(14-19)23-12-13-32-33-23/h1-14,24-25,31H,15-16H2,(H,32,33). The van der Waals surface area contributed by atoms with E-state index in [1.54, 1.807) is 18.3 Å². The predicted octanol–water partition coefficient (Wildman–Crippen LogP) is 5.60. The zero-order chi connectivity index (χ0) is 24.4. The van der Waals surface area contributed by atoms with Crippen molar-refractivity contribution in [2.24, 2.45) is 0 Å². The average Bonchev–Trinajstić information content (AvgIpc) is 3.51. The third-order valence-corrected chi connectivity index (χ3v) is 6.16. The number of fused-ring (bicyclic) bond motifs is 1. The van der Waals surface area contributed by atoms with E-state index in [9.17, 15) is 18.0 Å². The van der Waals surface area contributed by atoms with Crippen LogP contribution in [0.4, 0.5) is 13.2 Å².